The predicted molar refractivity (Wildman–Crippen MR) is 57.7 cm³/mol. The first-order chi connectivity index (χ1) is 7.91. The molecule has 0 bridgehead atoms. The van der Waals surface area contributed by atoms with E-state index in [0.717, 1.165) is 0 Å². The number of carboxylic acids is 1. The van der Waals surface area contributed by atoms with E-state index in [1.165, 1.54) is 31.2 Å². The van der Waals surface area contributed by atoms with Crippen LogP contribution in [0.4, 0.5) is 5.69 Å². The van der Waals surface area contributed by atoms with Gasteiger partial charge in [-0.1, -0.05) is 0 Å². The number of amides is 1. The number of carbonyl (C=O) groups is 2. The molecular formula is C10H10N2O5. The van der Waals surface area contributed by atoms with E-state index in [-0.39, 0.29) is 11.3 Å². The highest BCUT2D eigenvalue weighted by Gasteiger charge is 2.15. The SMILES string of the molecule is C[C@H](NC(=O)c1ccc([N+](=O)[O-])cc1)C(=O)O. The van der Waals surface area contributed by atoms with E-state index in [0.29, 0.717) is 0 Å². The van der Waals surface area contributed by atoms with Gasteiger partial charge in [-0.3, -0.25) is 19.7 Å². The third-order valence-electron chi connectivity index (χ3n) is 2.06. The second-order valence-electron chi connectivity index (χ2n) is 3.34. The van der Waals surface area contributed by atoms with Crippen LogP contribution in [0.15, 0.2) is 24.3 Å². The van der Waals surface area contributed by atoms with E-state index in [1.807, 2.05) is 0 Å². The van der Waals surface area contributed by atoms with Gasteiger partial charge >= 0.3 is 5.97 Å². The van der Waals surface area contributed by atoms with Gasteiger partial charge < -0.3 is 10.4 Å². The summed E-state index contributed by atoms with van der Waals surface area (Å²) < 4.78 is 0. The second kappa shape index (κ2) is 5.06. The number of nitrogens with one attached hydrogen (secondary N) is 1. The highest BCUT2D eigenvalue weighted by molar-refractivity contribution is 5.96. The quantitative estimate of drug-likeness (QED) is 0.595. The molecule has 90 valence electrons. The molecule has 1 amide bonds. The summed E-state index contributed by atoms with van der Waals surface area (Å²) in [4.78, 5) is 31.8. The second-order valence-corrected chi connectivity index (χ2v) is 3.34. The van der Waals surface area contributed by atoms with Gasteiger partial charge in [0.2, 0.25) is 0 Å². The normalized spacial score (nSPS) is 11.6. The van der Waals surface area contributed by atoms with Crippen molar-refractivity contribution >= 4 is 17.6 Å². The molecule has 1 aromatic rings. The monoisotopic (exact) mass is 238 g/mol. The average Bonchev–Trinajstić information content (AvgIpc) is 2.28. The minimum atomic E-state index is -1.15. The maximum Gasteiger partial charge on any atom is 0.325 e. The molecule has 0 saturated carbocycles. The van der Waals surface area contributed by atoms with E-state index in [4.69, 9.17) is 5.11 Å². The molecule has 1 aromatic carbocycles. The Labute approximate surface area is 96.2 Å². The van der Waals surface area contributed by atoms with Gasteiger partial charge in [-0.25, -0.2) is 0 Å². The molecule has 0 fully saturated rings. The summed E-state index contributed by atoms with van der Waals surface area (Å²) in [6, 6.07) is 3.88. The van der Waals surface area contributed by atoms with Gasteiger partial charge in [0.05, 0.1) is 4.92 Å². The van der Waals surface area contributed by atoms with E-state index >= 15 is 0 Å². The first kappa shape index (κ1) is 12.6. The van der Waals surface area contributed by atoms with Crippen LogP contribution < -0.4 is 5.32 Å². The fourth-order valence-electron chi connectivity index (χ4n) is 1.08. The predicted octanol–water partition coefficient (Wildman–Crippen LogP) is 0.798. The highest BCUT2D eigenvalue weighted by Crippen LogP contribution is 2.11. The molecule has 1 atom stereocenters. The van der Waals surface area contributed by atoms with Crippen molar-refractivity contribution in [3.63, 3.8) is 0 Å². The zero-order valence-electron chi connectivity index (χ0n) is 8.91. The number of hydrogen-bond donors (Lipinski definition) is 2. The Morgan fingerprint density at radius 2 is 1.88 bits per heavy atom. The number of nitrogens with zero attached hydrogens (tertiary/aromatic N) is 1. The lowest BCUT2D eigenvalue weighted by atomic mass is 10.2. The highest BCUT2D eigenvalue weighted by atomic mass is 16.6. The molecule has 0 aliphatic carbocycles. The zero-order valence-corrected chi connectivity index (χ0v) is 8.91. The van der Waals surface area contributed by atoms with Crippen molar-refractivity contribution in [3.05, 3.63) is 39.9 Å². The number of carboxylic acid groups (broad SMARTS) is 1. The van der Waals surface area contributed by atoms with Crippen LogP contribution in [0.25, 0.3) is 0 Å². The number of aliphatic carboxylic acids is 1. The lowest BCUT2D eigenvalue weighted by molar-refractivity contribution is -0.384. The number of benzene rings is 1. The molecule has 0 unspecified atom stereocenters. The number of non-ortho nitro benzene ring substituents is 1. The Kier molecular flexibility index (Phi) is 3.76. The lowest BCUT2D eigenvalue weighted by Gasteiger charge is -2.08. The minimum Gasteiger partial charge on any atom is -0.480 e. The molecule has 0 spiro atoms. The summed E-state index contributed by atoms with van der Waals surface area (Å²) in [5, 5.41) is 21.2. The van der Waals surface area contributed by atoms with Gasteiger partial charge in [-0.15, -0.1) is 0 Å². The molecule has 0 radical (unpaired) electrons. The molecule has 7 nitrogen and oxygen atoms in total. The Morgan fingerprint density at radius 1 is 1.35 bits per heavy atom. The number of hydrogen-bond acceptors (Lipinski definition) is 4. The van der Waals surface area contributed by atoms with Crippen LogP contribution in [0.1, 0.15) is 17.3 Å². The summed E-state index contributed by atoms with van der Waals surface area (Å²) in [5.41, 5.74) is 0.0385. The first-order valence-corrected chi connectivity index (χ1v) is 4.70. The van der Waals surface area contributed by atoms with Crippen LogP contribution >= 0.6 is 0 Å². The largest absolute Gasteiger partial charge is 0.480 e. The number of carbonyl (C=O) groups excluding carboxylic acids is 1. The van der Waals surface area contributed by atoms with Gasteiger partial charge in [0.1, 0.15) is 6.04 Å². The maximum atomic E-state index is 11.5. The van der Waals surface area contributed by atoms with E-state index in [9.17, 15) is 19.7 Å². The van der Waals surface area contributed by atoms with Gasteiger partial charge in [0.15, 0.2) is 0 Å². The average molecular weight is 238 g/mol. The molecule has 7 heteroatoms. The Morgan fingerprint density at radius 3 is 2.29 bits per heavy atom. The van der Waals surface area contributed by atoms with Crippen LogP contribution in [-0.2, 0) is 4.79 Å². The Balaban J connectivity index is 2.77. The van der Waals surface area contributed by atoms with Crippen molar-refractivity contribution in [1.29, 1.82) is 0 Å². The van der Waals surface area contributed by atoms with Gasteiger partial charge in [-0.05, 0) is 19.1 Å². The fourth-order valence-corrected chi connectivity index (χ4v) is 1.08. The van der Waals surface area contributed by atoms with Crippen LogP contribution in [0.3, 0.4) is 0 Å². The molecule has 0 heterocycles. The van der Waals surface area contributed by atoms with E-state index in [1.54, 1.807) is 0 Å². The van der Waals surface area contributed by atoms with Crippen LogP contribution in [-0.4, -0.2) is 27.9 Å². The summed E-state index contributed by atoms with van der Waals surface area (Å²) in [5.74, 6) is -1.74. The molecule has 2 N–H and O–H groups in total. The molecule has 1 rings (SSSR count). The Bertz CT molecular complexity index is 454. The number of nitro benzene ring substituents is 1. The minimum absolute atomic E-state index is 0.132. The standard InChI is InChI=1S/C10H10N2O5/c1-6(10(14)15)11-9(13)7-2-4-8(5-3-7)12(16)17/h2-6H,1H3,(H,11,13)(H,14,15)/t6-/m0/s1. The molecular weight excluding hydrogens is 228 g/mol. The fraction of sp³-hybridized carbons (Fsp3) is 0.200. The summed E-state index contributed by atoms with van der Waals surface area (Å²) in [6.45, 7) is 1.33. The Hall–Kier alpha value is -2.44. The number of nitro groups is 1. The summed E-state index contributed by atoms with van der Waals surface area (Å²) in [6.07, 6.45) is 0. The smallest absolute Gasteiger partial charge is 0.325 e. The molecule has 0 saturated heterocycles. The van der Waals surface area contributed by atoms with Crippen molar-refractivity contribution < 1.29 is 19.6 Å². The topological polar surface area (TPSA) is 110 Å². The van der Waals surface area contributed by atoms with Crippen molar-refractivity contribution in [3.8, 4) is 0 Å². The molecule has 17 heavy (non-hydrogen) atoms. The third-order valence-corrected chi connectivity index (χ3v) is 2.06. The van der Waals surface area contributed by atoms with Crippen LogP contribution in [0, 0.1) is 10.1 Å². The van der Waals surface area contributed by atoms with Crippen molar-refractivity contribution in [1.82, 2.24) is 5.32 Å². The van der Waals surface area contributed by atoms with Crippen molar-refractivity contribution in [2.75, 3.05) is 0 Å². The maximum absolute atomic E-state index is 11.5. The summed E-state index contributed by atoms with van der Waals surface area (Å²) in [7, 11) is 0. The summed E-state index contributed by atoms with van der Waals surface area (Å²) >= 11 is 0. The zero-order chi connectivity index (χ0) is 13.0. The van der Waals surface area contributed by atoms with Gasteiger partial charge in [-0.2, -0.15) is 0 Å². The van der Waals surface area contributed by atoms with Crippen molar-refractivity contribution in [2.45, 2.75) is 13.0 Å². The molecule has 0 aromatic heterocycles. The van der Waals surface area contributed by atoms with E-state index in [2.05, 4.69) is 5.32 Å². The van der Waals surface area contributed by atoms with E-state index < -0.39 is 22.8 Å². The lowest BCUT2D eigenvalue weighted by Crippen LogP contribution is -2.38. The first-order valence-electron chi connectivity index (χ1n) is 4.70. The van der Waals surface area contributed by atoms with Crippen LogP contribution in [0.2, 0.25) is 0 Å². The molecule has 0 aliphatic rings. The number of rotatable bonds is 4. The molecule has 0 aliphatic heterocycles. The van der Waals surface area contributed by atoms with Crippen molar-refractivity contribution in [2.24, 2.45) is 0 Å². The van der Waals surface area contributed by atoms with Gasteiger partial charge in [0.25, 0.3) is 11.6 Å². The third kappa shape index (κ3) is 3.26. The van der Waals surface area contributed by atoms with Gasteiger partial charge in [0, 0.05) is 17.7 Å². The van der Waals surface area contributed by atoms with Crippen LogP contribution in [0.5, 0.6) is 0 Å².